The minimum Gasteiger partial charge on any atom is -0.485 e. The van der Waals surface area contributed by atoms with Gasteiger partial charge in [0.15, 0.2) is 11.9 Å². The minimum atomic E-state index is -0.795. The average molecular weight is 517 g/mol. The fourth-order valence-electron chi connectivity index (χ4n) is 4.82. The lowest BCUT2D eigenvalue weighted by atomic mass is 9.72. The first-order chi connectivity index (χ1) is 16.3. The predicted molar refractivity (Wildman–Crippen MR) is 134 cm³/mol. The molecule has 172 valence electrons. The van der Waals surface area contributed by atoms with E-state index < -0.39 is 12.0 Å². The Hall–Kier alpha value is -3.18. The van der Waals surface area contributed by atoms with Crippen LogP contribution in [-0.4, -0.2) is 17.7 Å². The van der Waals surface area contributed by atoms with Gasteiger partial charge in [0.25, 0.3) is 0 Å². The largest absolute Gasteiger partial charge is 0.485 e. The van der Waals surface area contributed by atoms with Gasteiger partial charge in [-0.2, -0.15) is 0 Å². The Kier molecular flexibility index (Phi) is 5.90. The number of carbonyl (C=O) groups excluding carboxylic acids is 2. The van der Waals surface area contributed by atoms with Crippen molar-refractivity contribution in [1.29, 1.82) is 0 Å². The maximum Gasteiger partial charge on any atom is 0.204 e. The Morgan fingerprint density at radius 1 is 0.941 bits per heavy atom. The summed E-state index contributed by atoms with van der Waals surface area (Å²) in [7, 11) is 0. The van der Waals surface area contributed by atoms with Crippen molar-refractivity contribution < 1.29 is 19.1 Å². The Morgan fingerprint density at radius 3 is 2.38 bits per heavy atom. The Labute approximate surface area is 207 Å². The molecule has 34 heavy (non-hydrogen) atoms. The number of carbonyl (C=O) groups is 2. The normalized spacial score (nSPS) is 21.1. The van der Waals surface area contributed by atoms with Crippen LogP contribution < -0.4 is 4.74 Å². The van der Waals surface area contributed by atoms with Gasteiger partial charge < -0.3 is 9.47 Å². The summed E-state index contributed by atoms with van der Waals surface area (Å²) in [5, 5.41) is 0. The molecule has 3 aromatic carbocycles. The molecule has 0 aromatic heterocycles. The first-order valence-corrected chi connectivity index (χ1v) is 12.2. The molecule has 1 heterocycles. The van der Waals surface area contributed by atoms with Gasteiger partial charge in [-0.3, -0.25) is 9.59 Å². The molecule has 0 radical (unpaired) electrons. The Morgan fingerprint density at radius 2 is 1.65 bits per heavy atom. The summed E-state index contributed by atoms with van der Waals surface area (Å²) >= 11 is 3.42. The zero-order chi connectivity index (χ0) is 23.9. The molecule has 0 amide bonds. The lowest BCUT2D eigenvalue weighted by Crippen LogP contribution is -2.29. The third-order valence-electron chi connectivity index (χ3n) is 6.35. The standard InChI is InChI=1S/C29H25BrO4/c1-29(2)16-23(31)26-24(17-29)34-28(27(32)18-11-13-20(30)14-12-18)25(26)19-7-6-10-22(15-19)33-21-8-4-3-5-9-21/h3-15,25,28H,16-17H2,1-2H3/t25-,28-/m0/s1. The van der Waals surface area contributed by atoms with Gasteiger partial charge in [-0.1, -0.05) is 72.2 Å². The van der Waals surface area contributed by atoms with Crippen molar-refractivity contribution in [1.82, 2.24) is 0 Å². The summed E-state index contributed by atoms with van der Waals surface area (Å²) in [5.41, 5.74) is 1.82. The average Bonchev–Trinajstić information content (AvgIpc) is 3.18. The maximum atomic E-state index is 13.6. The van der Waals surface area contributed by atoms with Crippen LogP contribution in [0.1, 0.15) is 48.5 Å². The fraction of sp³-hybridized carbons (Fsp3) is 0.241. The lowest BCUT2D eigenvalue weighted by Gasteiger charge is -2.29. The van der Waals surface area contributed by atoms with E-state index in [1.54, 1.807) is 12.1 Å². The quantitative estimate of drug-likeness (QED) is 0.335. The van der Waals surface area contributed by atoms with Crippen molar-refractivity contribution in [2.24, 2.45) is 5.41 Å². The predicted octanol–water partition coefficient (Wildman–Crippen LogP) is 7.25. The number of ether oxygens (including phenoxy) is 2. The third-order valence-corrected chi connectivity index (χ3v) is 6.87. The highest BCUT2D eigenvalue weighted by atomic mass is 79.9. The van der Waals surface area contributed by atoms with E-state index in [0.29, 0.717) is 35.5 Å². The number of para-hydroxylation sites is 1. The number of halogens is 1. The number of ketones is 2. The molecule has 1 aliphatic carbocycles. The zero-order valence-corrected chi connectivity index (χ0v) is 20.7. The molecule has 0 fully saturated rings. The summed E-state index contributed by atoms with van der Waals surface area (Å²) in [6.07, 6.45) is 0.274. The van der Waals surface area contributed by atoms with Crippen molar-refractivity contribution in [3.05, 3.63) is 106 Å². The van der Waals surface area contributed by atoms with Gasteiger partial charge in [0, 0.05) is 28.5 Å². The van der Waals surface area contributed by atoms with Gasteiger partial charge in [-0.25, -0.2) is 0 Å². The van der Waals surface area contributed by atoms with Gasteiger partial charge in [-0.15, -0.1) is 0 Å². The van der Waals surface area contributed by atoms with E-state index in [0.717, 1.165) is 15.8 Å². The molecular weight excluding hydrogens is 492 g/mol. The van der Waals surface area contributed by atoms with E-state index in [1.165, 1.54) is 0 Å². The summed E-state index contributed by atoms with van der Waals surface area (Å²) in [6, 6.07) is 24.4. The molecule has 1 aliphatic heterocycles. The zero-order valence-electron chi connectivity index (χ0n) is 19.1. The van der Waals surface area contributed by atoms with Gasteiger partial charge in [0.2, 0.25) is 5.78 Å². The number of rotatable bonds is 5. The highest BCUT2D eigenvalue weighted by Gasteiger charge is 2.49. The van der Waals surface area contributed by atoms with Crippen LogP contribution in [0.15, 0.2) is 94.7 Å². The Balaban J connectivity index is 1.55. The SMILES string of the molecule is CC1(C)CC(=O)C2=C(C1)O[C@H](C(=O)c1ccc(Br)cc1)[C@H]2c1cccc(Oc2ccccc2)c1. The number of benzene rings is 3. The molecule has 0 saturated heterocycles. The van der Waals surface area contributed by atoms with Crippen molar-refractivity contribution in [3.63, 3.8) is 0 Å². The first kappa shape index (κ1) is 22.6. The van der Waals surface area contributed by atoms with Gasteiger partial charge in [0.05, 0.1) is 5.92 Å². The van der Waals surface area contributed by atoms with Crippen LogP contribution in [0, 0.1) is 5.41 Å². The highest BCUT2D eigenvalue weighted by molar-refractivity contribution is 9.10. The minimum absolute atomic E-state index is 0.0525. The molecule has 3 aromatic rings. The van der Waals surface area contributed by atoms with E-state index >= 15 is 0 Å². The van der Waals surface area contributed by atoms with Crippen LogP contribution >= 0.6 is 15.9 Å². The molecule has 0 N–H and O–H groups in total. The first-order valence-electron chi connectivity index (χ1n) is 11.4. The second kappa shape index (κ2) is 8.88. The molecule has 5 rings (SSSR count). The smallest absolute Gasteiger partial charge is 0.204 e. The van der Waals surface area contributed by atoms with Gasteiger partial charge in [0.1, 0.15) is 17.3 Å². The van der Waals surface area contributed by atoms with E-state index in [9.17, 15) is 9.59 Å². The Bertz CT molecular complexity index is 1270. The summed E-state index contributed by atoms with van der Waals surface area (Å²) in [6.45, 7) is 4.12. The van der Waals surface area contributed by atoms with E-state index in [-0.39, 0.29) is 17.0 Å². The second-order valence-electron chi connectivity index (χ2n) is 9.65. The van der Waals surface area contributed by atoms with Crippen LogP contribution in [0.4, 0.5) is 0 Å². The highest BCUT2D eigenvalue weighted by Crippen LogP contribution is 2.50. The number of hydrogen-bond donors (Lipinski definition) is 0. The molecule has 5 heteroatoms. The molecule has 4 nitrogen and oxygen atoms in total. The monoisotopic (exact) mass is 516 g/mol. The molecule has 0 unspecified atom stereocenters. The summed E-state index contributed by atoms with van der Waals surface area (Å²) < 4.78 is 13.2. The van der Waals surface area contributed by atoms with E-state index in [2.05, 4.69) is 29.8 Å². The second-order valence-corrected chi connectivity index (χ2v) is 10.6. The lowest BCUT2D eigenvalue weighted by molar-refractivity contribution is -0.118. The van der Waals surface area contributed by atoms with Crippen molar-refractivity contribution >= 4 is 27.5 Å². The molecular formula is C29H25BrO4. The summed E-state index contributed by atoms with van der Waals surface area (Å²) in [4.78, 5) is 26.9. The van der Waals surface area contributed by atoms with Crippen molar-refractivity contribution in [3.8, 4) is 11.5 Å². The number of allylic oxidation sites excluding steroid dienone is 1. The summed E-state index contributed by atoms with van der Waals surface area (Å²) in [5.74, 6) is 1.46. The van der Waals surface area contributed by atoms with Crippen LogP contribution in [-0.2, 0) is 9.53 Å². The van der Waals surface area contributed by atoms with Crippen molar-refractivity contribution in [2.45, 2.75) is 38.7 Å². The fourth-order valence-corrected chi connectivity index (χ4v) is 5.09. The van der Waals surface area contributed by atoms with E-state index in [4.69, 9.17) is 9.47 Å². The maximum absolute atomic E-state index is 13.6. The van der Waals surface area contributed by atoms with Crippen molar-refractivity contribution in [2.75, 3.05) is 0 Å². The number of hydrogen-bond acceptors (Lipinski definition) is 4. The van der Waals surface area contributed by atoms with Crippen LogP contribution in [0.2, 0.25) is 0 Å². The third kappa shape index (κ3) is 4.45. The molecule has 0 saturated carbocycles. The van der Waals surface area contributed by atoms with Gasteiger partial charge >= 0.3 is 0 Å². The molecule has 2 aliphatic rings. The molecule has 0 bridgehead atoms. The van der Waals surface area contributed by atoms with Crippen LogP contribution in [0.25, 0.3) is 0 Å². The topological polar surface area (TPSA) is 52.6 Å². The van der Waals surface area contributed by atoms with Crippen LogP contribution in [0.5, 0.6) is 11.5 Å². The van der Waals surface area contributed by atoms with E-state index in [1.807, 2.05) is 66.7 Å². The number of Topliss-reactive ketones (excluding diaryl/α,β-unsaturated/α-hetero) is 2. The van der Waals surface area contributed by atoms with Crippen LogP contribution in [0.3, 0.4) is 0 Å². The molecule has 2 atom stereocenters. The molecule has 0 spiro atoms. The van der Waals surface area contributed by atoms with Gasteiger partial charge in [-0.05, 0) is 47.4 Å².